The Hall–Kier alpha value is -0.650. The molecule has 0 aliphatic carbocycles. The number of hydrogen-bond acceptors (Lipinski definition) is 3. The normalized spacial score (nSPS) is 13.9. The molecular formula is C14H18BrClFNO2. The summed E-state index contributed by atoms with van der Waals surface area (Å²) in [5.41, 5.74) is 6.35. The molecule has 0 aromatic heterocycles. The zero-order valence-electron chi connectivity index (χ0n) is 11.5. The molecular weight excluding hydrogens is 349 g/mol. The van der Waals surface area contributed by atoms with Gasteiger partial charge in [0, 0.05) is 22.5 Å². The molecule has 0 heterocycles. The van der Waals surface area contributed by atoms with E-state index in [0.717, 1.165) is 0 Å². The molecule has 2 N–H and O–H groups in total. The molecule has 0 aliphatic rings. The van der Waals surface area contributed by atoms with Crippen molar-refractivity contribution < 1.29 is 13.9 Å². The molecule has 3 nitrogen and oxygen atoms in total. The second-order valence-electron chi connectivity index (χ2n) is 4.74. The van der Waals surface area contributed by atoms with Crippen LogP contribution in [0.1, 0.15) is 38.3 Å². The number of hydrogen-bond donors (Lipinski definition) is 1. The van der Waals surface area contributed by atoms with Crippen molar-refractivity contribution in [1.82, 2.24) is 0 Å². The highest BCUT2D eigenvalue weighted by atomic mass is 79.9. The summed E-state index contributed by atoms with van der Waals surface area (Å²) in [7, 11) is 0. The summed E-state index contributed by atoms with van der Waals surface area (Å²) < 4.78 is 19.2. The van der Waals surface area contributed by atoms with Crippen LogP contribution in [0.25, 0.3) is 0 Å². The third-order valence-electron chi connectivity index (χ3n) is 2.92. The van der Waals surface area contributed by atoms with E-state index in [2.05, 4.69) is 15.9 Å². The highest BCUT2D eigenvalue weighted by Crippen LogP contribution is 2.30. The maximum Gasteiger partial charge on any atom is 0.306 e. The van der Waals surface area contributed by atoms with Gasteiger partial charge >= 0.3 is 5.97 Å². The molecule has 2 unspecified atom stereocenters. The van der Waals surface area contributed by atoms with Gasteiger partial charge in [-0.1, -0.05) is 18.5 Å². The highest BCUT2D eigenvalue weighted by molar-refractivity contribution is 9.10. The van der Waals surface area contributed by atoms with Crippen LogP contribution < -0.4 is 5.73 Å². The Morgan fingerprint density at radius 1 is 1.55 bits per heavy atom. The standard InChI is InChI=1S/C14H18BrClFNO2/c1-3-20-14(19)5-8(2)4-13(18)9-6-11(16)10(15)7-12(9)17/h6-8,13H,3-5,18H2,1-2H3. The van der Waals surface area contributed by atoms with Crippen molar-refractivity contribution in [3.63, 3.8) is 0 Å². The van der Waals surface area contributed by atoms with Crippen LogP contribution in [0.3, 0.4) is 0 Å². The Bertz CT molecular complexity index is 484. The molecule has 6 heteroatoms. The molecule has 1 aromatic carbocycles. The summed E-state index contributed by atoms with van der Waals surface area (Å²) in [6.07, 6.45) is 0.751. The van der Waals surface area contributed by atoms with Crippen LogP contribution in [0.4, 0.5) is 4.39 Å². The van der Waals surface area contributed by atoms with E-state index < -0.39 is 11.9 Å². The topological polar surface area (TPSA) is 52.3 Å². The third kappa shape index (κ3) is 5.04. The summed E-state index contributed by atoms with van der Waals surface area (Å²) in [4.78, 5) is 11.4. The summed E-state index contributed by atoms with van der Waals surface area (Å²) in [6, 6.07) is 2.31. The molecule has 0 fully saturated rings. The van der Waals surface area contributed by atoms with Gasteiger partial charge in [0.1, 0.15) is 5.82 Å². The number of nitrogens with two attached hydrogens (primary N) is 1. The monoisotopic (exact) mass is 365 g/mol. The van der Waals surface area contributed by atoms with Gasteiger partial charge in [0.05, 0.1) is 11.6 Å². The molecule has 20 heavy (non-hydrogen) atoms. The van der Waals surface area contributed by atoms with Gasteiger partial charge in [-0.25, -0.2) is 4.39 Å². The summed E-state index contributed by atoms with van der Waals surface area (Å²) >= 11 is 9.10. The first-order chi connectivity index (χ1) is 9.35. The average Bonchev–Trinajstić information content (AvgIpc) is 2.33. The van der Waals surface area contributed by atoms with Crippen molar-refractivity contribution in [2.24, 2.45) is 11.7 Å². The van der Waals surface area contributed by atoms with E-state index in [1.165, 1.54) is 12.1 Å². The number of esters is 1. The van der Waals surface area contributed by atoms with Gasteiger partial charge in [0.2, 0.25) is 0 Å². The molecule has 0 aliphatic heterocycles. The lowest BCUT2D eigenvalue weighted by Gasteiger charge is -2.18. The van der Waals surface area contributed by atoms with E-state index in [-0.39, 0.29) is 18.3 Å². The van der Waals surface area contributed by atoms with Crippen LogP contribution in [0.2, 0.25) is 5.02 Å². The minimum absolute atomic E-state index is 0.00544. The zero-order chi connectivity index (χ0) is 15.3. The van der Waals surface area contributed by atoms with Crippen LogP contribution in [0.15, 0.2) is 16.6 Å². The first-order valence-electron chi connectivity index (χ1n) is 6.40. The van der Waals surface area contributed by atoms with Gasteiger partial charge in [0.25, 0.3) is 0 Å². The second-order valence-corrected chi connectivity index (χ2v) is 6.01. The summed E-state index contributed by atoms with van der Waals surface area (Å²) in [5, 5.41) is 0.412. The van der Waals surface area contributed by atoms with Crippen molar-refractivity contribution in [3.05, 3.63) is 33.0 Å². The van der Waals surface area contributed by atoms with E-state index in [9.17, 15) is 9.18 Å². The van der Waals surface area contributed by atoms with Gasteiger partial charge in [-0.05, 0) is 47.3 Å². The Morgan fingerprint density at radius 3 is 2.80 bits per heavy atom. The molecule has 1 rings (SSSR count). The number of rotatable bonds is 6. The van der Waals surface area contributed by atoms with Gasteiger partial charge in [-0.15, -0.1) is 0 Å². The lowest BCUT2D eigenvalue weighted by Crippen LogP contribution is -2.18. The number of benzene rings is 1. The predicted molar refractivity (Wildman–Crippen MR) is 81.1 cm³/mol. The number of halogens is 3. The molecule has 0 amide bonds. The summed E-state index contributed by atoms with van der Waals surface area (Å²) in [6.45, 7) is 4.00. The fourth-order valence-corrected chi connectivity index (χ4v) is 2.46. The number of carbonyl (C=O) groups excluding carboxylic acids is 1. The minimum Gasteiger partial charge on any atom is -0.466 e. The van der Waals surface area contributed by atoms with Gasteiger partial charge in [-0.3, -0.25) is 4.79 Å². The molecule has 0 bridgehead atoms. The van der Waals surface area contributed by atoms with Crippen LogP contribution in [0, 0.1) is 11.7 Å². The largest absolute Gasteiger partial charge is 0.466 e. The van der Waals surface area contributed by atoms with E-state index in [4.69, 9.17) is 22.1 Å². The third-order valence-corrected chi connectivity index (χ3v) is 4.11. The maximum atomic E-state index is 13.9. The van der Waals surface area contributed by atoms with E-state index in [0.29, 0.717) is 28.1 Å². The zero-order valence-corrected chi connectivity index (χ0v) is 13.8. The van der Waals surface area contributed by atoms with Crippen molar-refractivity contribution >= 4 is 33.5 Å². The van der Waals surface area contributed by atoms with Crippen molar-refractivity contribution in [1.29, 1.82) is 0 Å². The molecule has 112 valence electrons. The van der Waals surface area contributed by atoms with Gasteiger partial charge < -0.3 is 10.5 Å². The molecule has 2 atom stereocenters. The predicted octanol–water partition coefficient (Wildman–Crippen LogP) is 4.22. The Balaban J connectivity index is 2.69. The van der Waals surface area contributed by atoms with Crippen LogP contribution in [0.5, 0.6) is 0 Å². The van der Waals surface area contributed by atoms with E-state index in [1.54, 1.807) is 6.92 Å². The Kier molecular flexibility index (Phi) is 6.92. The molecule has 0 spiro atoms. The average molecular weight is 367 g/mol. The first kappa shape index (κ1) is 17.4. The minimum atomic E-state index is -0.509. The molecule has 0 saturated carbocycles. The SMILES string of the molecule is CCOC(=O)CC(C)CC(N)c1cc(Cl)c(Br)cc1F. The number of ether oxygens (including phenoxy) is 1. The van der Waals surface area contributed by atoms with E-state index in [1.807, 2.05) is 6.92 Å². The lowest BCUT2D eigenvalue weighted by atomic mass is 9.94. The van der Waals surface area contributed by atoms with Crippen LogP contribution in [-0.4, -0.2) is 12.6 Å². The van der Waals surface area contributed by atoms with E-state index >= 15 is 0 Å². The lowest BCUT2D eigenvalue weighted by molar-refractivity contribution is -0.144. The smallest absolute Gasteiger partial charge is 0.306 e. The maximum absolute atomic E-state index is 13.9. The highest BCUT2D eigenvalue weighted by Gasteiger charge is 2.18. The van der Waals surface area contributed by atoms with Crippen molar-refractivity contribution in [2.75, 3.05) is 6.61 Å². The fraction of sp³-hybridized carbons (Fsp3) is 0.500. The number of carbonyl (C=O) groups is 1. The molecule has 1 aromatic rings. The Labute approximate surface area is 131 Å². The molecule has 0 saturated heterocycles. The van der Waals surface area contributed by atoms with Crippen molar-refractivity contribution in [3.8, 4) is 0 Å². The first-order valence-corrected chi connectivity index (χ1v) is 7.57. The fourth-order valence-electron chi connectivity index (χ4n) is 1.97. The van der Waals surface area contributed by atoms with Crippen LogP contribution in [-0.2, 0) is 9.53 Å². The van der Waals surface area contributed by atoms with Gasteiger partial charge in [0.15, 0.2) is 0 Å². The quantitative estimate of drug-likeness (QED) is 0.606. The van der Waals surface area contributed by atoms with Gasteiger partial charge in [-0.2, -0.15) is 0 Å². The second kappa shape index (κ2) is 7.96. The van der Waals surface area contributed by atoms with Crippen molar-refractivity contribution in [2.45, 2.75) is 32.7 Å². The summed E-state index contributed by atoms with van der Waals surface area (Å²) in [5.74, 6) is -0.663. The Morgan fingerprint density at radius 2 is 2.20 bits per heavy atom. The molecule has 0 radical (unpaired) electrons. The van der Waals surface area contributed by atoms with Crippen LogP contribution >= 0.6 is 27.5 Å².